The number of ketones is 1. The molecule has 5 rings (SSSR count). The number of Topliss-reactive ketones (excluding diaryl/α,β-unsaturated/α-hetero) is 1. The molecule has 41 heavy (non-hydrogen) atoms. The largest absolute Gasteiger partial charge is 0.550 e. The minimum atomic E-state index is -1.31. The zero-order chi connectivity index (χ0) is 29.1. The highest BCUT2D eigenvalue weighted by Crippen LogP contribution is 2.47. The van der Waals surface area contributed by atoms with Gasteiger partial charge in [0.05, 0.1) is 23.3 Å². The molecule has 1 aliphatic carbocycles. The Labute approximate surface area is 239 Å². The van der Waals surface area contributed by atoms with E-state index in [9.17, 15) is 23.9 Å². The molecule has 3 aromatic rings. The molecule has 8 heteroatoms. The molecule has 7 nitrogen and oxygen atoms in total. The predicted octanol–water partition coefficient (Wildman–Crippen LogP) is 5.13. The standard InChI is InChI=1S/C33H34FN3O4/c1-3-36(4-2)25-15-11-22(12-16-25)33-32-27(19-23(20-29(32)38)21-9-13-24(34)14-10-21)35-26-7-5-6-8-28(26)37(33)30(39)17-18-31(40)41/h5-16,23,32-33H,3-4,17-20H2,1-2H3,(H,40,41)/p-1/t23-,32-,33-/m0/s1. The highest BCUT2D eigenvalue weighted by molar-refractivity contribution is 6.13. The topological polar surface area (TPSA) is 93.1 Å². The van der Waals surface area contributed by atoms with Crippen LogP contribution in [0.5, 0.6) is 0 Å². The van der Waals surface area contributed by atoms with Crippen molar-refractivity contribution in [2.75, 3.05) is 22.9 Å². The van der Waals surface area contributed by atoms with Crippen LogP contribution in [0.25, 0.3) is 0 Å². The van der Waals surface area contributed by atoms with Gasteiger partial charge >= 0.3 is 0 Å². The molecule has 1 fully saturated rings. The molecule has 1 aliphatic heterocycles. The zero-order valence-corrected chi connectivity index (χ0v) is 23.3. The number of hydrogen-bond donors (Lipinski definition) is 0. The van der Waals surface area contributed by atoms with Gasteiger partial charge in [0.1, 0.15) is 11.6 Å². The number of para-hydroxylation sites is 2. The summed E-state index contributed by atoms with van der Waals surface area (Å²) in [6, 6.07) is 20.6. The van der Waals surface area contributed by atoms with Crippen LogP contribution in [0, 0.1) is 11.7 Å². The van der Waals surface area contributed by atoms with Gasteiger partial charge < -0.3 is 19.7 Å². The van der Waals surface area contributed by atoms with Gasteiger partial charge in [0.25, 0.3) is 0 Å². The molecule has 212 valence electrons. The number of carbonyl (C=O) groups excluding carboxylic acids is 3. The van der Waals surface area contributed by atoms with Gasteiger partial charge in [0.2, 0.25) is 5.91 Å². The van der Waals surface area contributed by atoms with E-state index in [2.05, 4.69) is 18.7 Å². The first-order valence-electron chi connectivity index (χ1n) is 14.1. The number of nitrogens with zero attached hydrogens (tertiary/aromatic N) is 3. The summed E-state index contributed by atoms with van der Waals surface area (Å²) < 4.78 is 13.6. The fourth-order valence-electron chi connectivity index (χ4n) is 6.10. The van der Waals surface area contributed by atoms with Gasteiger partial charge in [-0.15, -0.1) is 0 Å². The SMILES string of the molecule is CCN(CC)c1ccc([C@H]2[C@@H]3C(=O)C[C@@H](c4ccc(F)cc4)CC3=Nc3ccccc3N2C(=O)CCC(=O)[O-])cc1. The average Bonchev–Trinajstić information content (AvgIpc) is 3.12. The summed E-state index contributed by atoms with van der Waals surface area (Å²) in [5.74, 6) is -3.01. The number of amides is 1. The monoisotopic (exact) mass is 554 g/mol. The summed E-state index contributed by atoms with van der Waals surface area (Å²) in [5, 5.41) is 11.3. The molecule has 2 aliphatic rings. The molecule has 1 heterocycles. The van der Waals surface area contributed by atoms with E-state index in [0.717, 1.165) is 29.9 Å². The number of carboxylic acid groups (broad SMARTS) is 1. The van der Waals surface area contributed by atoms with E-state index in [1.807, 2.05) is 30.3 Å². The van der Waals surface area contributed by atoms with Crippen molar-refractivity contribution < 1.29 is 23.9 Å². The van der Waals surface area contributed by atoms with Crippen LogP contribution in [0.2, 0.25) is 0 Å². The summed E-state index contributed by atoms with van der Waals surface area (Å²) in [5.41, 5.74) is 4.40. The van der Waals surface area contributed by atoms with Gasteiger partial charge in [-0.1, -0.05) is 36.4 Å². The van der Waals surface area contributed by atoms with Gasteiger partial charge in [-0.05, 0) is 80.1 Å². The van der Waals surface area contributed by atoms with Crippen molar-refractivity contribution in [2.24, 2.45) is 10.9 Å². The number of halogens is 1. The Morgan fingerprint density at radius 3 is 2.24 bits per heavy atom. The van der Waals surface area contributed by atoms with Crippen molar-refractivity contribution >= 4 is 40.4 Å². The minimum Gasteiger partial charge on any atom is -0.550 e. The van der Waals surface area contributed by atoms with Crippen LogP contribution in [0.15, 0.2) is 77.8 Å². The number of carbonyl (C=O) groups is 3. The number of rotatable bonds is 8. The molecule has 0 radical (unpaired) electrons. The first kappa shape index (κ1) is 28.2. The van der Waals surface area contributed by atoms with Gasteiger partial charge in [-0.2, -0.15) is 0 Å². The molecule has 3 atom stereocenters. The number of aliphatic imine (C=N–C) groups is 1. The Balaban J connectivity index is 1.63. The highest BCUT2D eigenvalue weighted by Gasteiger charge is 2.46. The molecule has 1 amide bonds. The summed E-state index contributed by atoms with van der Waals surface area (Å²) >= 11 is 0. The van der Waals surface area contributed by atoms with Crippen molar-refractivity contribution in [3.05, 3.63) is 89.7 Å². The third-order valence-electron chi connectivity index (χ3n) is 8.12. The fraction of sp³-hybridized carbons (Fsp3) is 0.333. The molecule has 0 spiro atoms. The van der Waals surface area contributed by atoms with Crippen molar-refractivity contribution in [1.82, 2.24) is 0 Å². The fourth-order valence-corrected chi connectivity index (χ4v) is 6.10. The molecule has 1 saturated carbocycles. The molecule has 0 aromatic heterocycles. The van der Waals surface area contributed by atoms with Crippen LogP contribution in [0.3, 0.4) is 0 Å². The number of anilines is 2. The Morgan fingerprint density at radius 2 is 1.59 bits per heavy atom. The van der Waals surface area contributed by atoms with E-state index in [-0.39, 0.29) is 30.4 Å². The first-order chi connectivity index (χ1) is 19.8. The van der Waals surface area contributed by atoms with Crippen LogP contribution in [-0.4, -0.2) is 36.5 Å². The molecule has 0 unspecified atom stereocenters. The maximum Gasteiger partial charge on any atom is 0.228 e. The van der Waals surface area contributed by atoms with Crippen LogP contribution >= 0.6 is 0 Å². The third kappa shape index (κ3) is 5.78. The van der Waals surface area contributed by atoms with Crippen molar-refractivity contribution in [3.63, 3.8) is 0 Å². The maximum absolute atomic E-state index is 14.1. The number of fused-ring (bicyclic) bond motifs is 2. The molecular weight excluding hydrogens is 521 g/mol. The Hall–Kier alpha value is -4.33. The lowest BCUT2D eigenvalue weighted by Gasteiger charge is -2.39. The minimum absolute atomic E-state index is 0.0624. The van der Waals surface area contributed by atoms with Crippen molar-refractivity contribution in [3.8, 4) is 0 Å². The van der Waals surface area contributed by atoms with Crippen LogP contribution < -0.4 is 14.9 Å². The normalized spacial score (nSPS) is 20.0. The van der Waals surface area contributed by atoms with E-state index in [1.54, 1.807) is 35.2 Å². The van der Waals surface area contributed by atoms with Crippen LogP contribution in [0.4, 0.5) is 21.5 Å². The second-order valence-corrected chi connectivity index (χ2v) is 10.5. The first-order valence-corrected chi connectivity index (χ1v) is 14.1. The van der Waals surface area contributed by atoms with Crippen LogP contribution in [0.1, 0.15) is 62.6 Å². The summed E-state index contributed by atoms with van der Waals surface area (Å²) in [7, 11) is 0. The van der Waals surface area contributed by atoms with E-state index in [0.29, 0.717) is 23.5 Å². The molecule has 0 N–H and O–H groups in total. The Kier molecular flexibility index (Phi) is 8.28. The second-order valence-electron chi connectivity index (χ2n) is 10.5. The van der Waals surface area contributed by atoms with E-state index in [4.69, 9.17) is 4.99 Å². The average molecular weight is 555 g/mol. The highest BCUT2D eigenvalue weighted by atomic mass is 19.1. The molecular formula is C33H33FN3O4-. The summed E-state index contributed by atoms with van der Waals surface area (Å²) in [6.07, 6.45) is 0.00941. The lowest BCUT2D eigenvalue weighted by atomic mass is 9.72. The number of carboxylic acids is 1. The number of hydrogen-bond acceptors (Lipinski definition) is 6. The van der Waals surface area contributed by atoms with Gasteiger partial charge in [-0.3, -0.25) is 14.6 Å². The van der Waals surface area contributed by atoms with Gasteiger partial charge in [0, 0.05) is 43.3 Å². The Morgan fingerprint density at radius 1 is 0.927 bits per heavy atom. The predicted molar refractivity (Wildman–Crippen MR) is 155 cm³/mol. The van der Waals surface area contributed by atoms with Gasteiger partial charge in [-0.25, -0.2) is 4.39 Å². The second kappa shape index (κ2) is 12.0. The zero-order valence-electron chi connectivity index (χ0n) is 23.3. The van der Waals surface area contributed by atoms with Crippen molar-refractivity contribution in [2.45, 2.75) is 51.5 Å². The molecule has 3 aromatic carbocycles. The van der Waals surface area contributed by atoms with E-state index in [1.165, 1.54) is 12.1 Å². The summed E-state index contributed by atoms with van der Waals surface area (Å²) in [4.78, 5) is 47.9. The Bertz CT molecular complexity index is 1460. The van der Waals surface area contributed by atoms with Crippen molar-refractivity contribution in [1.29, 1.82) is 0 Å². The molecule has 0 bridgehead atoms. The lowest BCUT2D eigenvalue weighted by molar-refractivity contribution is -0.305. The van der Waals surface area contributed by atoms with Gasteiger partial charge in [0.15, 0.2) is 0 Å². The van der Waals surface area contributed by atoms with E-state index >= 15 is 0 Å². The van der Waals surface area contributed by atoms with Crippen LogP contribution in [-0.2, 0) is 14.4 Å². The quantitative estimate of drug-likeness (QED) is 0.385. The smallest absolute Gasteiger partial charge is 0.228 e. The number of aliphatic carboxylic acids is 1. The number of benzene rings is 3. The maximum atomic E-state index is 14.1. The third-order valence-corrected chi connectivity index (χ3v) is 8.12. The van der Waals surface area contributed by atoms with E-state index < -0.39 is 30.3 Å². The molecule has 0 saturated heterocycles. The lowest BCUT2D eigenvalue weighted by Crippen LogP contribution is -2.45. The summed E-state index contributed by atoms with van der Waals surface area (Å²) in [6.45, 7) is 5.84.